The van der Waals surface area contributed by atoms with E-state index in [1.165, 1.54) is 6.42 Å². The Morgan fingerprint density at radius 2 is 1.87 bits per heavy atom. The molecular weight excluding hydrogens is 396 g/mol. The number of rotatable bonds is 7. The van der Waals surface area contributed by atoms with Gasteiger partial charge in [0.25, 0.3) is 11.8 Å². The lowest BCUT2D eigenvalue weighted by Crippen LogP contribution is -2.42. The standard InChI is InChI=1S/C23H36N4O4/c1-13(2)16-11-18(30-12-16)21-14(3)19(27-31-21)22(28)26-20(15(4)24-5)23(29)25-17-9-7-6-8-10-17/h13,16-18,24H,6-12H2,1-5H3,(H,25,29)(H,26,28)/b20-15+/t16?,18-/m0/s1. The lowest BCUT2D eigenvalue weighted by Gasteiger charge is -2.24. The van der Waals surface area contributed by atoms with Crippen molar-refractivity contribution in [1.82, 2.24) is 21.1 Å². The average molecular weight is 433 g/mol. The second-order valence-electron chi connectivity index (χ2n) is 9.09. The third-order valence-corrected chi connectivity index (χ3v) is 6.59. The van der Waals surface area contributed by atoms with Crippen LogP contribution < -0.4 is 16.0 Å². The summed E-state index contributed by atoms with van der Waals surface area (Å²) in [4.78, 5) is 25.9. The average Bonchev–Trinajstić information content (AvgIpc) is 3.38. The van der Waals surface area contributed by atoms with Gasteiger partial charge in [-0.25, -0.2) is 0 Å². The van der Waals surface area contributed by atoms with Gasteiger partial charge in [0.2, 0.25) is 0 Å². The summed E-state index contributed by atoms with van der Waals surface area (Å²) in [7, 11) is 1.72. The Hall–Kier alpha value is -2.35. The molecule has 1 saturated heterocycles. The zero-order chi connectivity index (χ0) is 22.5. The smallest absolute Gasteiger partial charge is 0.278 e. The summed E-state index contributed by atoms with van der Waals surface area (Å²) in [5.41, 5.74) is 1.63. The fraction of sp³-hybridized carbons (Fsp3) is 0.696. The molecule has 1 unspecified atom stereocenters. The summed E-state index contributed by atoms with van der Waals surface area (Å²) >= 11 is 0. The third-order valence-electron chi connectivity index (χ3n) is 6.59. The molecule has 2 atom stereocenters. The minimum atomic E-state index is -0.464. The van der Waals surface area contributed by atoms with E-state index < -0.39 is 5.91 Å². The monoisotopic (exact) mass is 432 g/mol. The molecule has 1 aliphatic carbocycles. The van der Waals surface area contributed by atoms with Crippen molar-refractivity contribution in [2.24, 2.45) is 11.8 Å². The van der Waals surface area contributed by atoms with Crippen LogP contribution >= 0.6 is 0 Å². The van der Waals surface area contributed by atoms with Crippen molar-refractivity contribution in [3.05, 3.63) is 28.4 Å². The highest BCUT2D eigenvalue weighted by Gasteiger charge is 2.34. The number of aromatic nitrogens is 1. The van der Waals surface area contributed by atoms with Crippen molar-refractivity contribution in [2.75, 3.05) is 13.7 Å². The third kappa shape index (κ3) is 5.47. The molecule has 0 spiro atoms. The molecule has 2 aliphatic rings. The second-order valence-corrected chi connectivity index (χ2v) is 9.09. The molecule has 0 aromatic carbocycles. The molecular formula is C23H36N4O4. The number of carbonyl (C=O) groups is 2. The molecule has 0 radical (unpaired) electrons. The molecule has 2 amide bonds. The fourth-order valence-electron chi connectivity index (χ4n) is 4.28. The van der Waals surface area contributed by atoms with Gasteiger partial charge in [-0.2, -0.15) is 0 Å². The first-order chi connectivity index (χ1) is 14.8. The lowest BCUT2D eigenvalue weighted by molar-refractivity contribution is -0.118. The number of ether oxygens (including phenoxy) is 1. The largest absolute Gasteiger partial charge is 0.390 e. The van der Waals surface area contributed by atoms with Gasteiger partial charge in [-0.1, -0.05) is 38.3 Å². The van der Waals surface area contributed by atoms with E-state index in [0.29, 0.717) is 35.5 Å². The molecule has 1 aromatic heterocycles. The first-order valence-corrected chi connectivity index (χ1v) is 11.4. The van der Waals surface area contributed by atoms with Crippen molar-refractivity contribution >= 4 is 11.8 Å². The predicted octanol–water partition coefficient (Wildman–Crippen LogP) is 3.35. The van der Waals surface area contributed by atoms with Gasteiger partial charge in [0.1, 0.15) is 11.8 Å². The molecule has 31 heavy (non-hydrogen) atoms. The maximum atomic E-state index is 13.0. The van der Waals surface area contributed by atoms with E-state index in [1.54, 1.807) is 14.0 Å². The summed E-state index contributed by atoms with van der Waals surface area (Å²) in [5, 5.41) is 12.8. The van der Waals surface area contributed by atoms with Crippen LogP contribution in [-0.2, 0) is 9.53 Å². The Morgan fingerprint density at radius 1 is 1.16 bits per heavy atom. The summed E-state index contributed by atoms with van der Waals surface area (Å²) in [6.45, 7) is 8.61. The summed E-state index contributed by atoms with van der Waals surface area (Å²) in [6, 6.07) is 0.145. The van der Waals surface area contributed by atoms with E-state index in [-0.39, 0.29) is 29.4 Å². The number of amides is 2. The van der Waals surface area contributed by atoms with Crippen LogP contribution in [0.25, 0.3) is 0 Å². The van der Waals surface area contributed by atoms with Crippen molar-refractivity contribution in [3.63, 3.8) is 0 Å². The van der Waals surface area contributed by atoms with Crippen LogP contribution in [0.15, 0.2) is 15.9 Å². The van der Waals surface area contributed by atoms with Gasteiger partial charge in [-0.3, -0.25) is 9.59 Å². The topological polar surface area (TPSA) is 105 Å². The van der Waals surface area contributed by atoms with Crippen molar-refractivity contribution < 1.29 is 18.8 Å². The van der Waals surface area contributed by atoms with Crippen molar-refractivity contribution in [2.45, 2.75) is 78.4 Å². The molecule has 1 saturated carbocycles. The van der Waals surface area contributed by atoms with Crippen LogP contribution in [0.4, 0.5) is 0 Å². The number of hydrogen-bond donors (Lipinski definition) is 3. The Balaban J connectivity index is 1.71. The predicted molar refractivity (Wildman–Crippen MR) is 117 cm³/mol. The molecule has 2 fully saturated rings. The number of nitrogens with one attached hydrogen (secondary N) is 3. The maximum Gasteiger partial charge on any atom is 0.278 e. The summed E-state index contributed by atoms with van der Waals surface area (Å²) in [6.07, 6.45) is 6.03. The molecule has 2 heterocycles. The normalized spacial score (nSPS) is 22.9. The summed E-state index contributed by atoms with van der Waals surface area (Å²) < 4.78 is 11.4. The van der Waals surface area contributed by atoms with Gasteiger partial charge in [0.05, 0.1) is 6.61 Å². The molecule has 1 aromatic rings. The van der Waals surface area contributed by atoms with Crippen LogP contribution in [0.5, 0.6) is 0 Å². The van der Waals surface area contributed by atoms with E-state index in [2.05, 4.69) is 35.0 Å². The first kappa shape index (κ1) is 23.3. The second kappa shape index (κ2) is 10.3. The molecule has 1 aliphatic heterocycles. The number of allylic oxidation sites excluding steroid dienone is 1. The van der Waals surface area contributed by atoms with E-state index in [0.717, 1.165) is 32.1 Å². The molecule has 0 bridgehead atoms. The minimum Gasteiger partial charge on any atom is -0.390 e. The number of hydrogen-bond acceptors (Lipinski definition) is 6. The molecule has 3 rings (SSSR count). The SMILES string of the molecule is CN/C(C)=C(/NC(=O)c1noc([C@@H]2CC(C(C)C)CO2)c1C)C(=O)NC1CCCCC1. The van der Waals surface area contributed by atoms with Crippen LogP contribution in [0.1, 0.15) is 87.2 Å². The van der Waals surface area contributed by atoms with Crippen LogP contribution in [0, 0.1) is 18.8 Å². The molecule has 172 valence electrons. The van der Waals surface area contributed by atoms with E-state index >= 15 is 0 Å². The molecule has 8 heteroatoms. The van der Waals surface area contributed by atoms with Gasteiger partial charge in [-0.15, -0.1) is 0 Å². The quantitative estimate of drug-likeness (QED) is 0.571. The summed E-state index contributed by atoms with van der Waals surface area (Å²) in [5.74, 6) is 0.830. The number of nitrogens with zero attached hydrogens (tertiary/aromatic N) is 1. The highest BCUT2D eigenvalue weighted by atomic mass is 16.5. The zero-order valence-corrected chi connectivity index (χ0v) is 19.3. The van der Waals surface area contributed by atoms with Crippen LogP contribution in [0.2, 0.25) is 0 Å². The van der Waals surface area contributed by atoms with E-state index in [9.17, 15) is 9.59 Å². The Kier molecular flexibility index (Phi) is 7.75. The lowest BCUT2D eigenvalue weighted by atomic mass is 9.92. The minimum absolute atomic E-state index is 0.145. The molecule has 3 N–H and O–H groups in total. The van der Waals surface area contributed by atoms with Crippen LogP contribution in [0.3, 0.4) is 0 Å². The zero-order valence-electron chi connectivity index (χ0n) is 19.3. The van der Waals surface area contributed by atoms with Crippen LogP contribution in [-0.4, -0.2) is 36.7 Å². The Morgan fingerprint density at radius 3 is 2.48 bits per heavy atom. The molecule has 8 nitrogen and oxygen atoms in total. The first-order valence-electron chi connectivity index (χ1n) is 11.4. The maximum absolute atomic E-state index is 13.0. The van der Waals surface area contributed by atoms with Crippen molar-refractivity contribution in [3.8, 4) is 0 Å². The fourth-order valence-corrected chi connectivity index (χ4v) is 4.28. The highest BCUT2D eigenvalue weighted by Crippen LogP contribution is 2.37. The van der Waals surface area contributed by atoms with Gasteiger partial charge >= 0.3 is 0 Å². The number of carbonyl (C=O) groups excluding carboxylic acids is 2. The van der Waals surface area contributed by atoms with Gasteiger partial charge in [0, 0.05) is 24.4 Å². The van der Waals surface area contributed by atoms with Gasteiger partial charge in [-0.05, 0) is 44.9 Å². The Bertz CT molecular complexity index is 824. The van der Waals surface area contributed by atoms with E-state index in [4.69, 9.17) is 9.26 Å². The van der Waals surface area contributed by atoms with Crippen molar-refractivity contribution in [1.29, 1.82) is 0 Å². The van der Waals surface area contributed by atoms with E-state index in [1.807, 2.05) is 6.92 Å². The Labute approximate surface area is 184 Å². The highest BCUT2D eigenvalue weighted by molar-refractivity contribution is 6.03. The van der Waals surface area contributed by atoms with Gasteiger partial charge in [0.15, 0.2) is 11.5 Å². The van der Waals surface area contributed by atoms with Gasteiger partial charge < -0.3 is 25.2 Å².